The van der Waals surface area contributed by atoms with Gasteiger partial charge in [-0.25, -0.2) is 4.79 Å². The maximum Gasteiger partial charge on any atom is 0.328 e. The number of rotatable bonds is 14. The van der Waals surface area contributed by atoms with Crippen molar-refractivity contribution in [3.8, 4) is 0 Å². The van der Waals surface area contributed by atoms with Gasteiger partial charge < -0.3 is 5.11 Å². The normalized spacial score (nSPS) is 11.8. The predicted octanol–water partition coefficient (Wildman–Crippen LogP) is 6.11. The maximum absolute atomic E-state index is 10.8. The van der Waals surface area contributed by atoms with Crippen LogP contribution >= 0.6 is 0 Å². The second-order valence-electron chi connectivity index (χ2n) is 5.82. The maximum atomic E-state index is 10.8. The molecule has 0 spiro atoms. The van der Waals surface area contributed by atoms with Crippen LogP contribution in [0.4, 0.5) is 0 Å². The number of unbranched alkanes of at least 4 members (excludes halogenated alkanes) is 9. The van der Waals surface area contributed by atoms with Gasteiger partial charge in [0, 0.05) is 6.08 Å². The Morgan fingerprint density at radius 2 is 1.15 bits per heavy atom. The van der Waals surface area contributed by atoms with E-state index < -0.39 is 5.97 Å². The van der Waals surface area contributed by atoms with E-state index >= 15 is 0 Å². The van der Waals surface area contributed by atoms with Gasteiger partial charge in [0.2, 0.25) is 0 Å². The van der Waals surface area contributed by atoms with Crippen LogP contribution in [0.3, 0.4) is 0 Å². The molecule has 0 unspecified atom stereocenters. The Bertz CT molecular complexity index is 256. The number of allylic oxidation sites excluding steroid dienone is 1. The van der Waals surface area contributed by atoms with Gasteiger partial charge in [-0.3, -0.25) is 0 Å². The minimum atomic E-state index is -0.781. The van der Waals surface area contributed by atoms with Gasteiger partial charge in [-0.1, -0.05) is 77.2 Å². The van der Waals surface area contributed by atoms with E-state index in [1.807, 2.05) is 0 Å². The Kier molecular flexibility index (Phi) is 14.0. The second kappa shape index (κ2) is 14.6. The lowest BCUT2D eigenvalue weighted by Crippen LogP contribution is -1.94. The zero-order chi connectivity index (χ0) is 15.1. The molecule has 0 amide bonds. The zero-order valence-corrected chi connectivity index (χ0v) is 13.6. The molecule has 1 N–H and O–H groups in total. The van der Waals surface area contributed by atoms with Crippen molar-refractivity contribution in [3.05, 3.63) is 11.6 Å². The largest absolute Gasteiger partial charge is 0.478 e. The first kappa shape index (κ1) is 19.2. The van der Waals surface area contributed by atoms with Crippen molar-refractivity contribution >= 4 is 5.97 Å². The average molecular weight is 282 g/mol. The van der Waals surface area contributed by atoms with Crippen LogP contribution in [0.25, 0.3) is 0 Å². The molecule has 0 heterocycles. The van der Waals surface area contributed by atoms with Crippen LogP contribution < -0.4 is 0 Å². The SMILES string of the molecule is CCCCCCCCCCC(=CC(=O)O)CCCCC. The number of carboxylic acid groups (broad SMARTS) is 1. The second-order valence-corrected chi connectivity index (χ2v) is 5.82. The molecule has 0 aromatic rings. The highest BCUT2D eigenvalue weighted by molar-refractivity contribution is 5.80. The fraction of sp³-hybridized carbons (Fsp3) is 0.833. The highest BCUT2D eigenvalue weighted by Gasteiger charge is 2.01. The van der Waals surface area contributed by atoms with Crippen molar-refractivity contribution in [2.24, 2.45) is 0 Å². The standard InChI is InChI=1S/C18H34O2/c1-3-5-7-8-9-10-11-13-15-17(16-18(19)20)14-12-6-4-2/h16H,3-15H2,1-2H3,(H,19,20). The van der Waals surface area contributed by atoms with E-state index in [-0.39, 0.29) is 0 Å². The third kappa shape index (κ3) is 13.6. The van der Waals surface area contributed by atoms with Gasteiger partial charge in [0.1, 0.15) is 0 Å². The van der Waals surface area contributed by atoms with Gasteiger partial charge in [-0.05, 0) is 25.7 Å². The summed E-state index contributed by atoms with van der Waals surface area (Å²) < 4.78 is 0. The van der Waals surface area contributed by atoms with E-state index in [0.29, 0.717) is 0 Å². The summed E-state index contributed by atoms with van der Waals surface area (Å²) in [5.41, 5.74) is 1.14. The lowest BCUT2D eigenvalue weighted by Gasteiger charge is -2.07. The summed E-state index contributed by atoms with van der Waals surface area (Å²) in [6, 6.07) is 0. The highest BCUT2D eigenvalue weighted by atomic mass is 16.4. The van der Waals surface area contributed by atoms with E-state index in [0.717, 1.165) is 31.3 Å². The van der Waals surface area contributed by atoms with Gasteiger partial charge in [0.25, 0.3) is 0 Å². The van der Waals surface area contributed by atoms with Crippen molar-refractivity contribution in [1.82, 2.24) is 0 Å². The third-order valence-electron chi connectivity index (χ3n) is 3.78. The Hall–Kier alpha value is -0.790. The van der Waals surface area contributed by atoms with Gasteiger partial charge in [0.05, 0.1) is 0 Å². The first-order valence-corrected chi connectivity index (χ1v) is 8.63. The topological polar surface area (TPSA) is 37.3 Å². The molecule has 0 aliphatic rings. The van der Waals surface area contributed by atoms with Crippen LogP contribution in [-0.2, 0) is 4.79 Å². The number of aliphatic carboxylic acids is 1. The summed E-state index contributed by atoms with van der Waals surface area (Å²) in [6.07, 6.45) is 17.4. The highest BCUT2D eigenvalue weighted by Crippen LogP contribution is 2.17. The predicted molar refractivity (Wildman–Crippen MR) is 87.1 cm³/mol. The van der Waals surface area contributed by atoms with Crippen LogP contribution in [0.1, 0.15) is 97.3 Å². The molecule has 0 rings (SSSR count). The number of carbonyl (C=O) groups is 1. The fourth-order valence-corrected chi connectivity index (χ4v) is 2.53. The van der Waals surface area contributed by atoms with E-state index in [1.165, 1.54) is 63.9 Å². The Labute approximate surface area is 125 Å². The Morgan fingerprint density at radius 3 is 1.65 bits per heavy atom. The van der Waals surface area contributed by atoms with E-state index in [4.69, 9.17) is 5.11 Å². The summed E-state index contributed by atoms with van der Waals surface area (Å²) in [5, 5.41) is 8.89. The fourth-order valence-electron chi connectivity index (χ4n) is 2.53. The first-order chi connectivity index (χ1) is 9.70. The Balaban J connectivity index is 3.66. The molecule has 118 valence electrons. The number of carboxylic acids is 1. The summed E-state index contributed by atoms with van der Waals surface area (Å²) in [4.78, 5) is 10.8. The molecular formula is C18H34O2. The number of hydrogen-bond donors (Lipinski definition) is 1. The van der Waals surface area contributed by atoms with Crippen molar-refractivity contribution in [3.63, 3.8) is 0 Å². The molecule has 0 saturated carbocycles. The summed E-state index contributed by atoms with van der Waals surface area (Å²) >= 11 is 0. The van der Waals surface area contributed by atoms with Crippen molar-refractivity contribution < 1.29 is 9.90 Å². The van der Waals surface area contributed by atoms with E-state index in [1.54, 1.807) is 0 Å². The molecule has 0 aromatic carbocycles. The molecular weight excluding hydrogens is 248 g/mol. The Morgan fingerprint density at radius 1 is 0.750 bits per heavy atom. The van der Waals surface area contributed by atoms with Crippen LogP contribution in [0.5, 0.6) is 0 Å². The van der Waals surface area contributed by atoms with E-state index in [9.17, 15) is 4.79 Å². The molecule has 0 aromatic heterocycles. The average Bonchev–Trinajstić information content (AvgIpc) is 2.41. The molecule has 2 heteroatoms. The van der Waals surface area contributed by atoms with Crippen molar-refractivity contribution in [1.29, 1.82) is 0 Å². The molecule has 0 aliphatic carbocycles. The molecule has 0 radical (unpaired) electrons. The third-order valence-corrected chi connectivity index (χ3v) is 3.78. The molecule has 0 saturated heterocycles. The van der Waals surface area contributed by atoms with Gasteiger partial charge in [-0.2, -0.15) is 0 Å². The molecule has 0 aliphatic heterocycles. The van der Waals surface area contributed by atoms with Crippen molar-refractivity contribution in [2.75, 3.05) is 0 Å². The molecule has 2 nitrogen and oxygen atoms in total. The van der Waals surface area contributed by atoms with Crippen LogP contribution in [0.2, 0.25) is 0 Å². The van der Waals surface area contributed by atoms with Crippen molar-refractivity contribution in [2.45, 2.75) is 97.3 Å². The molecule has 0 atom stereocenters. The van der Waals surface area contributed by atoms with Gasteiger partial charge in [-0.15, -0.1) is 0 Å². The number of hydrogen-bond acceptors (Lipinski definition) is 1. The van der Waals surface area contributed by atoms with Crippen LogP contribution in [-0.4, -0.2) is 11.1 Å². The molecule has 0 fully saturated rings. The minimum absolute atomic E-state index is 0.781. The quantitative estimate of drug-likeness (QED) is 0.308. The first-order valence-electron chi connectivity index (χ1n) is 8.63. The van der Waals surface area contributed by atoms with E-state index in [2.05, 4.69) is 13.8 Å². The minimum Gasteiger partial charge on any atom is -0.478 e. The lowest BCUT2D eigenvalue weighted by molar-refractivity contribution is -0.131. The van der Waals surface area contributed by atoms with Crippen LogP contribution in [0, 0.1) is 0 Å². The smallest absolute Gasteiger partial charge is 0.328 e. The summed E-state index contributed by atoms with van der Waals surface area (Å²) in [7, 11) is 0. The van der Waals surface area contributed by atoms with Gasteiger partial charge in [0.15, 0.2) is 0 Å². The molecule has 0 bridgehead atoms. The summed E-state index contributed by atoms with van der Waals surface area (Å²) in [5.74, 6) is -0.781. The van der Waals surface area contributed by atoms with Crippen LogP contribution in [0.15, 0.2) is 11.6 Å². The zero-order valence-electron chi connectivity index (χ0n) is 13.6. The lowest BCUT2D eigenvalue weighted by atomic mass is 10.00. The summed E-state index contributed by atoms with van der Waals surface area (Å²) in [6.45, 7) is 4.42. The molecule has 20 heavy (non-hydrogen) atoms. The monoisotopic (exact) mass is 282 g/mol. The van der Waals surface area contributed by atoms with Gasteiger partial charge >= 0.3 is 5.97 Å².